The summed E-state index contributed by atoms with van der Waals surface area (Å²) in [5, 5.41) is 10.9. The quantitative estimate of drug-likeness (QED) is 0.196. The Morgan fingerprint density at radius 2 is 2.04 bits per heavy atom. The molecule has 0 aliphatic carbocycles. The monoisotopic (exact) mass is 485 g/mol. The van der Waals surface area contributed by atoms with E-state index in [1.54, 1.807) is 17.6 Å². The van der Waals surface area contributed by atoms with Crippen LogP contribution >= 0.6 is 35.3 Å². The maximum atomic E-state index is 5.32. The van der Waals surface area contributed by atoms with Crippen molar-refractivity contribution in [2.75, 3.05) is 31.5 Å². The predicted octanol–water partition coefficient (Wildman–Crippen LogP) is 3.72. The molecule has 0 saturated carbocycles. The molecular weight excluding hydrogens is 461 g/mol. The van der Waals surface area contributed by atoms with E-state index in [1.165, 1.54) is 4.70 Å². The molecular formula is C18H24IN5OS. The molecule has 0 atom stereocenters. The number of aliphatic imine (C=N–C) groups is 1. The third-order valence-corrected chi connectivity index (χ3v) is 4.53. The van der Waals surface area contributed by atoms with E-state index in [1.807, 2.05) is 30.3 Å². The zero-order valence-corrected chi connectivity index (χ0v) is 17.8. The van der Waals surface area contributed by atoms with Crippen molar-refractivity contribution in [3.05, 3.63) is 48.4 Å². The van der Waals surface area contributed by atoms with Gasteiger partial charge in [0.15, 0.2) is 11.1 Å². The highest BCUT2D eigenvalue weighted by molar-refractivity contribution is 14.0. The van der Waals surface area contributed by atoms with Crippen LogP contribution in [0.15, 0.2) is 52.1 Å². The molecule has 3 rings (SSSR count). The van der Waals surface area contributed by atoms with Crippen LogP contribution in [0.1, 0.15) is 12.7 Å². The average molecular weight is 485 g/mol. The van der Waals surface area contributed by atoms with Gasteiger partial charge in [0.1, 0.15) is 5.76 Å². The number of guanidine groups is 1. The first-order chi connectivity index (χ1) is 12.3. The summed E-state index contributed by atoms with van der Waals surface area (Å²) < 4.78 is 6.52. The fourth-order valence-corrected chi connectivity index (χ4v) is 3.26. The van der Waals surface area contributed by atoms with Gasteiger partial charge in [-0.1, -0.05) is 23.5 Å². The standard InChI is InChI=1S/C18H23N5OS.HI/c1-2-19-17(20-10-9-14-6-5-13-24-14)21-11-12-22-18-23-15-7-3-4-8-16(15)25-18;/h3-8,13H,2,9-12H2,1H3,(H,22,23)(H2,19,20,21);1H. The van der Waals surface area contributed by atoms with Gasteiger partial charge in [-0.05, 0) is 31.2 Å². The molecule has 8 heteroatoms. The summed E-state index contributed by atoms with van der Waals surface area (Å²) in [6.07, 6.45) is 2.49. The minimum atomic E-state index is 0. The van der Waals surface area contributed by atoms with Crippen LogP contribution in [0.2, 0.25) is 0 Å². The van der Waals surface area contributed by atoms with Gasteiger partial charge in [-0.3, -0.25) is 4.99 Å². The Morgan fingerprint density at radius 3 is 2.81 bits per heavy atom. The highest BCUT2D eigenvalue weighted by Crippen LogP contribution is 2.24. The van der Waals surface area contributed by atoms with E-state index in [9.17, 15) is 0 Å². The Morgan fingerprint density at radius 1 is 1.15 bits per heavy atom. The molecule has 2 aromatic heterocycles. The average Bonchev–Trinajstić information content (AvgIpc) is 3.27. The zero-order valence-electron chi connectivity index (χ0n) is 14.7. The molecule has 0 saturated heterocycles. The summed E-state index contributed by atoms with van der Waals surface area (Å²) >= 11 is 1.67. The molecule has 26 heavy (non-hydrogen) atoms. The van der Waals surface area contributed by atoms with Gasteiger partial charge in [0.2, 0.25) is 0 Å². The second-order valence-electron chi connectivity index (χ2n) is 5.43. The van der Waals surface area contributed by atoms with Crippen molar-refractivity contribution in [2.24, 2.45) is 4.99 Å². The molecule has 0 amide bonds. The number of anilines is 1. The molecule has 0 spiro atoms. The third kappa shape index (κ3) is 6.17. The van der Waals surface area contributed by atoms with E-state index in [0.717, 1.165) is 48.4 Å². The Kier molecular flexibility index (Phi) is 8.69. The van der Waals surface area contributed by atoms with E-state index < -0.39 is 0 Å². The summed E-state index contributed by atoms with van der Waals surface area (Å²) in [5.41, 5.74) is 1.04. The number of hydrogen-bond donors (Lipinski definition) is 3. The van der Waals surface area contributed by atoms with E-state index in [0.29, 0.717) is 6.54 Å². The fraction of sp³-hybridized carbons (Fsp3) is 0.333. The number of nitrogens with one attached hydrogen (secondary N) is 3. The lowest BCUT2D eigenvalue weighted by Crippen LogP contribution is -2.39. The van der Waals surface area contributed by atoms with Crippen LogP contribution in [0.25, 0.3) is 10.2 Å². The van der Waals surface area contributed by atoms with E-state index in [-0.39, 0.29) is 24.0 Å². The SMILES string of the molecule is CCNC(=NCCc1ccco1)NCCNc1nc2ccccc2s1.I. The fourth-order valence-electron chi connectivity index (χ4n) is 2.37. The molecule has 0 aliphatic heterocycles. The Hall–Kier alpha value is -1.81. The number of aromatic nitrogens is 1. The summed E-state index contributed by atoms with van der Waals surface area (Å²) in [6.45, 7) is 5.13. The molecule has 1 aromatic carbocycles. The normalized spacial score (nSPS) is 11.2. The molecule has 3 N–H and O–H groups in total. The lowest BCUT2D eigenvalue weighted by atomic mass is 10.3. The van der Waals surface area contributed by atoms with Crippen LogP contribution in [0.4, 0.5) is 5.13 Å². The van der Waals surface area contributed by atoms with Crippen molar-refractivity contribution in [1.29, 1.82) is 0 Å². The number of furan rings is 1. The largest absolute Gasteiger partial charge is 0.469 e. The van der Waals surface area contributed by atoms with Crippen LogP contribution in [0.5, 0.6) is 0 Å². The predicted molar refractivity (Wildman–Crippen MR) is 120 cm³/mol. The van der Waals surface area contributed by atoms with Gasteiger partial charge < -0.3 is 20.4 Å². The molecule has 140 valence electrons. The number of thiazole rings is 1. The van der Waals surface area contributed by atoms with Crippen molar-refractivity contribution < 1.29 is 4.42 Å². The maximum Gasteiger partial charge on any atom is 0.191 e. The van der Waals surface area contributed by atoms with Gasteiger partial charge in [-0.2, -0.15) is 0 Å². The minimum Gasteiger partial charge on any atom is -0.469 e. The Balaban J connectivity index is 0.00000243. The van der Waals surface area contributed by atoms with Gasteiger partial charge in [0, 0.05) is 32.6 Å². The van der Waals surface area contributed by atoms with Crippen LogP contribution < -0.4 is 16.0 Å². The molecule has 0 bridgehead atoms. The molecule has 0 fully saturated rings. The number of benzene rings is 1. The van der Waals surface area contributed by atoms with Crippen molar-refractivity contribution in [3.63, 3.8) is 0 Å². The summed E-state index contributed by atoms with van der Waals surface area (Å²) in [4.78, 5) is 9.13. The molecule has 0 aliphatic rings. The first-order valence-electron chi connectivity index (χ1n) is 8.49. The van der Waals surface area contributed by atoms with Gasteiger partial charge >= 0.3 is 0 Å². The Labute approximate surface area is 174 Å². The van der Waals surface area contributed by atoms with Gasteiger partial charge in [0.25, 0.3) is 0 Å². The molecule has 6 nitrogen and oxygen atoms in total. The number of rotatable bonds is 8. The highest BCUT2D eigenvalue weighted by Gasteiger charge is 2.02. The van der Waals surface area contributed by atoms with Gasteiger partial charge in [0.05, 0.1) is 16.5 Å². The van der Waals surface area contributed by atoms with Crippen LogP contribution in [-0.4, -0.2) is 37.1 Å². The minimum absolute atomic E-state index is 0. The van der Waals surface area contributed by atoms with Gasteiger partial charge in [-0.25, -0.2) is 4.98 Å². The lowest BCUT2D eigenvalue weighted by molar-refractivity contribution is 0.510. The second kappa shape index (κ2) is 11.0. The van der Waals surface area contributed by atoms with E-state index in [2.05, 4.69) is 38.9 Å². The van der Waals surface area contributed by atoms with Crippen LogP contribution in [0, 0.1) is 0 Å². The number of nitrogens with zero attached hydrogens (tertiary/aromatic N) is 2. The van der Waals surface area contributed by atoms with Crippen molar-refractivity contribution in [1.82, 2.24) is 15.6 Å². The summed E-state index contributed by atoms with van der Waals surface area (Å²) in [6, 6.07) is 12.0. The summed E-state index contributed by atoms with van der Waals surface area (Å²) in [5.74, 6) is 1.78. The first kappa shape index (κ1) is 20.5. The van der Waals surface area contributed by atoms with E-state index in [4.69, 9.17) is 4.42 Å². The van der Waals surface area contributed by atoms with E-state index >= 15 is 0 Å². The molecule has 0 unspecified atom stereocenters. The highest BCUT2D eigenvalue weighted by atomic mass is 127. The lowest BCUT2D eigenvalue weighted by Gasteiger charge is -2.11. The topological polar surface area (TPSA) is 74.5 Å². The van der Waals surface area contributed by atoms with Crippen LogP contribution in [0.3, 0.4) is 0 Å². The number of halogens is 1. The van der Waals surface area contributed by atoms with Crippen molar-refractivity contribution in [2.45, 2.75) is 13.3 Å². The Bertz CT molecular complexity index is 770. The van der Waals surface area contributed by atoms with Crippen molar-refractivity contribution in [3.8, 4) is 0 Å². The maximum absolute atomic E-state index is 5.32. The first-order valence-corrected chi connectivity index (χ1v) is 9.31. The van der Waals surface area contributed by atoms with Crippen molar-refractivity contribution >= 4 is 56.6 Å². The van der Waals surface area contributed by atoms with Gasteiger partial charge in [-0.15, -0.1) is 24.0 Å². The third-order valence-electron chi connectivity index (χ3n) is 3.54. The number of hydrogen-bond acceptors (Lipinski definition) is 5. The smallest absolute Gasteiger partial charge is 0.191 e. The zero-order chi connectivity index (χ0) is 17.3. The molecule has 2 heterocycles. The van der Waals surface area contributed by atoms with Crippen LogP contribution in [-0.2, 0) is 6.42 Å². The summed E-state index contributed by atoms with van der Waals surface area (Å²) in [7, 11) is 0. The number of para-hydroxylation sites is 1. The molecule has 0 radical (unpaired) electrons. The number of fused-ring (bicyclic) bond motifs is 1. The molecule has 3 aromatic rings. The second-order valence-corrected chi connectivity index (χ2v) is 6.46.